The lowest BCUT2D eigenvalue weighted by Gasteiger charge is -2.30. The normalized spacial score (nSPS) is 19.9. The second-order valence-corrected chi connectivity index (χ2v) is 6.02. The van der Waals surface area contributed by atoms with Crippen LogP contribution in [0, 0.1) is 5.92 Å². The molecule has 134 valence electrons. The number of Topliss-reactive ketones (excluding diaryl/α,β-unsaturated/α-hetero) is 1. The van der Waals surface area contributed by atoms with Crippen molar-refractivity contribution in [1.82, 2.24) is 10.6 Å². The molecule has 0 radical (unpaired) electrons. The summed E-state index contributed by atoms with van der Waals surface area (Å²) < 4.78 is 5.35. The number of rotatable bonds is 7. The number of hydrogen-bond acceptors (Lipinski definition) is 4. The average Bonchev–Trinajstić information content (AvgIpc) is 2.56. The van der Waals surface area contributed by atoms with E-state index in [2.05, 4.69) is 17.6 Å². The molecule has 0 bridgehead atoms. The van der Waals surface area contributed by atoms with Crippen LogP contribution in [-0.4, -0.2) is 37.4 Å². The first-order valence-electron chi connectivity index (χ1n) is 8.36. The predicted octanol–water partition coefficient (Wildman–Crippen LogP) is 2.58. The van der Waals surface area contributed by atoms with Gasteiger partial charge in [0.1, 0.15) is 5.75 Å². The number of benzene rings is 1. The molecule has 0 saturated carbocycles. The van der Waals surface area contributed by atoms with Gasteiger partial charge in [-0.05, 0) is 50.1 Å². The van der Waals surface area contributed by atoms with E-state index in [1.54, 1.807) is 24.3 Å². The third kappa shape index (κ3) is 6.13. The molecule has 24 heavy (non-hydrogen) atoms. The molecule has 1 heterocycles. The lowest BCUT2D eigenvalue weighted by atomic mass is 9.94. The third-order valence-corrected chi connectivity index (χ3v) is 4.24. The molecule has 1 aromatic carbocycles. The van der Waals surface area contributed by atoms with Crippen LogP contribution in [0.5, 0.6) is 5.75 Å². The van der Waals surface area contributed by atoms with E-state index < -0.39 is 0 Å². The second-order valence-electron chi connectivity index (χ2n) is 6.02. The summed E-state index contributed by atoms with van der Waals surface area (Å²) in [6.45, 7) is 6.47. The maximum absolute atomic E-state index is 12.1. The molecule has 2 unspecified atom stereocenters. The highest BCUT2D eigenvalue weighted by molar-refractivity contribution is 5.98. The Labute approximate surface area is 149 Å². The zero-order valence-corrected chi connectivity index (χ0v) is 15.2. The molecule has 1 aliphatic heterocycles. The summed E-state index contributed by atoms with van der Waals surface area (Å²) in [4.78, 5) is 24.2. The Balaban J connectivity index is 0.00000288. The first-order chi connectivity index (χ1) is 11.1. The van der Waals surface area contributed by atoms with Gasteiger partial charge >= 0.3 is 0 Å². The van der Waals surface area contributed by atoms with Crippen molar-refractivity contribution in [3.8, 4) is 5.75 Å². The molecule has 2 N–H and O–H groups in total. The van der Waals surface area contributed by atoms with E-state index in [1.165, 1.54) is 0 Å². The van der Waals surface area contributed by atoms with Gasteiger partial charge in [0, 0.05) is 31.0 Å². The van der Waals surface area contributed by atoms with Crippen molar-refractivity contribution in [3.05, 3.63) is 29.8 Å². The first-order valence-corrected chi connectivity index (χ1v) is 8.36. The molecular weight excluding hydrogens is 328 g/mol. The molecule has 1 aliphatic rings. The molecule has 0 spiro atoms. The Morgan fingerprint density at radius 2 is 1.96 bits per heavy atom. The lowest BCUT2D eigenvalue weighted by molar-refractivity contribution is -0.122. The topological polar surface area (TPSA) is 67.4 Å². The van der Waals surface area contributed by atoms with Crippen molar-refractivity contribution in [1.29, 1.82) is 0 Å². The number of carbonyl (C=O) groups excluding carboxylic acids is 2. The number of halogens is 1. The third-order valence-electron chi connectivity index (χ3n) is 4.24. The van der Waals surface area contributed by atoms with Gasteiger partial charge in [-0.1, -0.05) is 6.92 Å². The van der Waals surface area contributed by atoms with E-state index in [9.17, 15) is 9.59 Å². The maximum Gasteiger partial charge on any atom is 0.220 e. The molecular formula is C18H27ClN2O3. The fourth-order valence-corrected chi connectivity index (χ4v) is 2.74. The average molecular weight is 355 g/mol. The summed E-state index contributed by atoms with van der Waals surface area (Å²) in [5.74, 6) is 1.16. The molecule has 2 rings (SSSR count). The minimum absolute atomic E-state index is 0. The molecule has 1 saturated heterocycles. The Morgan fingerprint density at radius 3 is 2.58 bits per heavy atom. The number of nitrogens with one attached hydrogen (secondary N) is 2. The van der Waals surface area contributed by atoms with Crippen LogP contribution in [0.1, 0.15) is 43.5 Å². The van der Waals surface area contributed by atoms with Gasteiger partial charge in [0.25, 0.3) is 0 Å². The lowest BCUT2D eigenvalue weighted by Crippen LogP contribution is -2.50. The Hall–Kier alpha value is -1.59. The smallest absolute Gasteiger partial charge is 0.220 e. The highest BCUT2D eigenvalue weighted by Crippen LogP contribution is 2.15. The molecule has 0 aliphatic carbocycles. The van der Waals surface area contributed by atoms with Crippen molar-refractivity contribution >= 4 is 24.1 Å². The largest absolute Gasteiger partial charge is 0.494 e. The fourth-order valence-electron chi connectivity index (χ4n) is 2.74. The van der Waals surface area contributed by atoms with Gasteiger partial charge in [-0.25, -0.2) is 0 Å². The minimum atomic E-state index is -0.0511. The van der Waals surface area contributed by atoms with Crippen molar-refractivity contribution in [2.45, 2.75) is 39.2 Å². The zero-order chi connectivity index (χ0) is 16.7. The van der Waals surface area contributed by atoms with E-state index >= 15 is 0 Å². The minimum Gasteiger partial charge on any atom is -0.494 e. The summed E-state index contributed by atoms with van der Waals surface area (Å²) in [6.07, 6.45) is 1.53. The van der Waals surface area contributed by atoms with Gasteiger partial charge < -0.3 is 15.4 Å². The number of amides is 1. The number of ether oxygens (including phenoxy) is 1. The molecule has 5 nitrogen and oxygen atoms in total. The standard InChI is InChI=1S/C18H26N2O3.ClH/c1-3-23-15-6-4-14(5-7-15)17(21)8-9-18(22)20-16-12-19-11-10-13(16)2;/h4-7,13,16,19H,3,8-12H2,1-2H3,(H,20,22);1H. The molecule has 2 atom stereocenters. The van der Waals surface area contributed by atoms with Crippen LogP contribution in [0.3, 0.4) is 0 Å². The number of carbonyl (C=O) groups is 2. The molecule has 1 aromatic rings. The predicted molar refractivity (Wildman–Crippen MR) is 97.0 cm³/mol. The van der Waals surface area contributed by atoms with E-state index in [0.29, 0.717) is 18.1 Å². The van der Waals surface area contributed by atoms with Crippen LogP contribution >= 0.6 is 12.4 Å². The summed E-state index contributed by atoms with van der Waals surface area (Å²) in [6, 6.07) is 7.23. The van der Waals surface area contributed by atoms with E-state index in [1.807, 2.05) is 6.92 Å². The molecule has 1 amide bonds. The van der Waals surface area contributed by atoms with Gasteiger partial charge in [0.2, 0.25) is 5.91 Å². The van der Waals surface area contributed by atoms with Gasteiger partial charge in [0.05, 0.1) is 6.61 Å². The Morgan fingerprint density at radius 1 is 1.25 bits per heavy atom. The van der Waals surface area contributed by atoms with Crippen LogP contribution in [0.2, 0.25) is 0 Å². The van der Waals surface area contributed by atoms with Gasteiger partial charge in [-0.15, -0.1) is 12.4 Å². The molecule has 6 heteroatoms. The Bertz CT molecular complexity index is 534. The van der Waals surface area contributed by atoms with Crippen LogP contribution in [0.25, 0.3) is 0 Å². The van der Waals surface area contributed by atoms with E-state index in [0.717, 1.165) is 25.3 Å². The summed E-state index contributed by atoms with van der Waals surface area (Å²) in [7, 11) is 0. The van der Waals surface area contributed by atoms with E-state index in [4.69, 9.17) is 4.74 Å². The summed E-state index contributed by atoms with van der Waals surface area (Å²) in [5, 5.41) is 6.31. The van der Waals surface area contributed by atoms with Crippen molar-refractivity contribution < 1.29 is 14.3 Å². The van der Waals surface area contributed by atoms with Crippen molar-refractivity contribution in [3.63, 3.8) is 0 Å². The zero-order valence-electron chi connectivity index (χ0n) is 14.3. The monoisotopic (exact) mass is 354 g/mol. The van der Waals surface area contributed by atoms with Crippen LogP contribution in [0.4, 0.5) is 0 Å². The van der Waals surface area contributed by atoms with Crippen molar-refractivity contribution in [2.75, 3.05) is 19.7 Å². The number of piperidine rings is 1. The summed E-state index contributed by atoms with van der Waals surface area (Å²) >= 11 is 0. The number of hydrogen-bond donors (Lipinski definition) is 2. The highest BCUT2D eigenvalue weighted by atomic mass is 35.5. The highest BCUT2D eigenvalue weighted by Gasteiger charge is 2.22. The van der Waals surface area contributed by atoms with Gasteiger partial charge in [0.15, 0.2) is 5.78 Å². The molecule has 1 fully saturated rings. The van der Waals surface area contributed by atoms with Crippen LogP contribution < -0.4 is 15.4 Å². The quantitative estimate of drug-likeness (QED) is 0.738. The molecule has 0 aromatic heterocycles. The van der Waals surface area contributed by atoms with Crippen LogP contribution in [-0.2, 0) is 4.79 Å². The van der Waals surface area contributed by atoms with E-state index in [-0.39, 0.29) is 43.0 Å². The SMILES string of the molecule is CCOc1ccc(C(=O)CCC(=O)NC2CNCCC2C)cc1.Cl. The summed E-state index contributed by atoms with van der Waals surface area (Å²) in [5.41, 5.74) is 0.619. The second kappa shape index (κ2) is 10.3. The maximum atomic E-state index is 12.1. The van der Waals surface area contributed by atoms with Gasteiger partial charge in [-0.2, -0.15) is 0 Å². The van der Waals surface area contributed by atoms with Crippen molar-refractivity contribution in [2.24, 2.45) is 5.92 Å². The Kier molecular flexibility index (Phi) is 8.79. The van der Waals surface area contributed by atoms with Crippen LogP contribution in [0.15, 0.2) is 24.3 Å². The fraction of sp³-hybridized carbons (Fsp3) is 0.556. The first kappa shape index (κ1) is 20.5. The number of ketones is 1. The van der Waals surface area contributed by atoms with Gasteiger partial charge in [-0.3, -0.25) is 9.59 Å².